The fourth-order valence-electron chi connectivity index (χ4n) is 3.69. The van der Waals surface area contributed by atoms with Crippen molar-refractivity contribution in [3.05, 3.63) is 53.1 Å². The fraction of sp³-hybridized carbons (Fsp3) is 0.353. The Morgan fingerprint density at radius 2 is 1.95 bits per heavy atom. The van der Waals surface area contributed by atoms with Crippen LogP contribution in [0, 0.1) is 5.82 Å². The third kappa shape index (κ3) is 2.73. The molecule has 22 heavy (non-hydrogen) atoms. The number of fused-ring (bicyclic) bond motifs is 2. The van der Waals surface area contributed by atoms with E-state index in [9.17, 15) is 4.39 Å². The van der Waals surface area contributed by atoms with E-state index in [1.54, 1.807) is 12.1 Å². The van der Waals surface area contributed by atoms with Crippen LogP contribution in [0.3, 0.4) is 0 Å². The second kappa shape index (κ2) is 6.15. The molecule has 1 N–H and O–H groups in total. The number of halogens is 3. The van der Waals surface area contributed by atoms with E-state index in [-0.39, 0.29) is 18.2 Å². The highest BCUT2D eigenvalue weighted by molar-refractivity contribution is 6.32. The summed E-state index contributed by atoms with van der Waals surface area (Å²) in [5.41, 5.74) is 3.03. The topological polar surface area (TPSA) is 24.9 Å². The number of hydrogen-bond acceptors (Lipinski definition) is 2. The molecule has 1 aromatic carbocycles. The van der Waals surface area contributed by atoms with Gasteiger partial charge in [-0.05, 0) is 48.6 Å². The molecular formula is C17H17Cl2FN2. The van der Waals surface area contributed by atoms with Crippen LogP contribution in [0.25, 0.3) is 11.1 Å². The average Bonchev–Trinajstić information content (AvgIpc) is 3.12. The van der Waals surface area contributed by atoms with Gasteiger partial charge in [0.15, 0.2) is 0 Å². The van der Waals surface area contributed by atoms with Crippen molar-refractivity contribution in [2.45, 2.75) is 37.3 Å². The normalized spacial score (nSPS) is 26.0. The molecule has 0 unspecified atom stereocenters. The molecule has 2 fully saturated rings. The Labute approximate surface area is 140 Å². The van der Waals surface area contributed by atoms with Crippen molar-refractivity contribution in [2.75, 3.05) is 0 Å². The Morgan fingerprint density at radius 1 is 1.18 bits per heavy atom. The van der Waals surface area contributed by atoms with Crippen molar-refractivity contribution < 1.29 is 4.39 Å². The van der Waals surface area contributed by atoms with E-state index in [1.165, 1.54) is 37.0 Å². The fourth-order valence-corrected chi connectivity index (χ4v) is 3.90. The minimum absolute atomic E-state index is 0. The van der Waals surface area contributed by atoms with E-state index >= 15 is 0 Å². The highest BCUT2D eigenvalue weighted by atomic mass is 35.5. The smallest absolute Gasteiger partial charge is 0.136 e. The summed E-state index contributed by atoms with van der Waals surface area (Å²) >= 11 is 6.24. The molecule has 2 saturated heterocycles. The first-order valence-electron chi connectivity index (χ1n) is 7.38. The monoisotopic (exact) mass is 338 g/mol. The summed E-state index contributed by atoms with van der Waals surface area (Å²) in [6, 6.07) is 9.76. The molecule has 4 rings (SSSR count). The van der Waals surface area contributed by atoms with Crippen molar-refractivity contribution in [3.8, 4) is 11.1 Å². The molecular weight excluding hydrogens is 322 g/mol. The van der Waals surface area contributed by atoms with Crippen LogP contribution >= 0.6 is 24.0 Å². The lowest BCUT2D eigenvalue weighted by Crippen LogP contribution is -2.21. The number of aromatic nitrogens is 1. The van der Waals surface area contributed by atoms with Gasteiger partial charge in [-0.2, -0.15) is 0 Å². The van der Waals surface area contributed by atoms with Crippen molar-refractivity contribution in [3.63, 3.8) is 0 Å². The predicted octanol–water partition coefficient (Wildman–Crippen LogP) is 4.57. The number of nitrogens with zero attached hydrogens (tertiary/aromatic N) is 1. The summed E-state index contributed by atoms with van der Waals surface area (Å²) in [6.07, 6.45) is 5.59. The van der Waals surface area contributed by atoms with Crippen LogP contribution in [0.1, 0.15) is 30.7 Å². The largest absolute Gasteiger partial charge is 0.311 e. The maximum absolute atomic E-state index is 13.1. The summed E-state index contributed by atoms with van der Waals surface area (Å²) in [5.74, 6) is 0.281. The first-order chi connectivity index (χ1) is 10.2. The van der Waals surface area contributed by atoms with Gasteiger partial charge in [-0.3, -0.25) is 0 Å². The highest BCUT2D eigenvalue weighted by Gasteiger charge is 2.39. The molecule has 5 heteroatoms. The van der Waals surface area contributed by atoms with E-state index in [2.05, 4.69) is 16.4 Å². The first-order valence-corrected chi connectivity index (χ1v) is 7.76. The zero-order chi connectivity index (χ0) is 14.4. The molecule has 2 aliphatic heterocycles. The molecule has 1 aromatic heterocycles. The molecule has 0 saturated carbocycles. The van der Waals surface area contributed by atoms with Gasteiger partial charge >= 0.3 is 0 Å². The van der Waals surface area contributed by atoms with E-state index in [0.29, 0.717) is 23.2 Å². The van der Waals surface area contributed by atoms with Gasteiger partial charge in [-0.1, -0.05) is 23.7 Å². The second-order valence-corrected chi connectivity index (χ2v) is 6.36. The average molecular weight is 339 g/mol. The van der Waals surface area contributed by atoms with Gasteiger partial charge in [-0.15, -0.1) is 12.4 Å². The van der Waals surface area contributed by atoms with Gasteiger partial charge in [0.2, 0.25) is 0 Å². The van der Waals surface area contributed by atoms with Gasteiger partial charge in [0.1, 0.15) is 11.0 Å². The van der Waals surface area contributed by atoms with E-state index in [4.69, 9.17) is 11.6 Å². The van der Waals surface area contributed by atoms with E-state index in [0.717, 1.165) is 11.1 Å². The number of hydrogen-bond donors (Lipinski definition) is 1. The zero-order valence-electron chi connectivity index (χ0n) is 11.9. The lowest BCUT2D eigenvalue weighted by atomic mass is 9.84. The molecule has 116 valence electrons. The number of nitrogens with one attached hydrogen (secondary N) is 1. The number of pyridine rings is 1. The van der Waals surface area contributed by atoms with Gasteiger partial charge in [0, 0.05) is 29.8 Å². The van der Waals surface area contributed by atoms with Crippen LogP contribution in [0.4, 0.5) is 4.39 Å². The Hall–Kier alpha value is -1.16. The van der Waals surface area contributed by atoms with Crippen molar-refractivity contribution in [2.24, 2.45) is 0 Å². The standard InChI is InChI=1S/C17H16ClFN2.ClH/c18-17-15(10-1-3-12(19)4-2-10)7-11(9-20-17)14-8-13-5-6-16(14)21-13;/h1-4,7,9,13-14,16,21H,5-6,8H2;1H/t13-,14+,16+;/m0./s1. The quantitative estimate of drug-likeness (QED) is 0.811. The van der Waals surface area contributed by atoms with Crippen LogP contribution < -0.4 is 5.32 Å². The minimum Gasteiger partial charge on any atom is -0.311 e. The molecule has 2 nitrogen and oxygen atoms in total. The number of benzene rings is 1. The first kappa shape index (κ1) is 15.7. The molecule has 3 heterocycles. The molecule has 0 radical (unpaired) electrons. The Balaban J connectivity index is 0.00000144. The van der Waals surface area contributed by atoms with Crippen LogP contribution in [0.5, 0.6) is 0 Å². The molecule has 0 spiro atoms. The molecule has 2 aliphatic rings. The molecule has 3 atom stereocenters. The SMILES string of the molecule is Cl.Fc1ccc(-c2cc([C@H]3C[C@@H]4CC[C@H]3N4)cnc2Cl)cc1. The summed E-state index contributed by atoms with van der Waals surface area (Å²) in [4.78, 5) is 4.35. The van der Waals surface area contributed by atoms with Crippen LogP contribution in [0.2, 0.25) is 5.15 Å². The summed E-state index contributed by atoms with van der Waals surface area (Å²) in [7, 11) is 0. The Bertz CT molecular complexity index is 675. The Kier molecular flexibility index (Phi) is 4.40. The van der Waals surface area contributed by atoms with Gasteiger partial charge in [0.25, 0.3) is 0 Å². The van der Waals surface area contributed by atoms with Gasteiger partial charge in [-0.25, -0.2) is 9.37 Å². The highest BCUT2D eigenvalue weighted by Crippen LogP contribution is 2.41. The lowest BCUT2D eigenvalue weighted by Gasteiger charge is -2.21. The minimum atomic E-state index is -0.240. The summed E-state index contributed by atoms with van der Waals surface area (Å²) < 4.78 is 13.1. The second-order valence-electron chi connectivity index (χ2n) is 6.00. The van der Waals surface area contributed by atoms with Crippen molar-refractivity contribution in [1.82, 2.24) is 10.3 Å². The summed E-state index contributed by atoms with van der Waals surface area (Å²) in [6.45, 7) is 0. The molecule has 0 aliphatic carbocycles. The van der Waals surface area contributed by atoms with Crippen LogP contribution in [-0.4, -0.2) is 17.1 Å². The molecule has 2 aromatic rings. The lowest BCUT2D eigenvalue weighted by molar-refractivity contribution is 0.505. The van der Waals surface area contributed by atoms with E-state index < -0.39 is 0 Å². The predicted molar refractivity (Wildman–Crippen MR) is 89.2 cm³/mol. The summed E-state index contributed by atoms with van der Waals surface area (Å²) in [5, 5.41) is 4.12. The van der Waals surface area contributed by atoms with Crippen LogP contribution in [-0.2, 0) is 0 Å². The maximum atomic E-state index is 13.1. The van der Waals surface area contributed by atoms with Crippen molar-refractivity contribution >= 4 is 24.0 Å². The third-order valence-electron chi connectivity index (χ3n) is 4.74. The molecule has 2 bridgehead atoms. The maximum Gasteiger partial charge on any atom is 0.136 e. The third-order valence-corrected chi connectivity index (χ3v) is 5.04. The number of rotatable bonds is 2. The van der Waals surface area contributed by atoms with E-state index in [1.807, 2.05) is 6.20 Å². The van der Waals surface area contributed by atoms with Crippen LogP contribution in [0.15, 0.2) is 36.5 Å². The van der Waals surface area contributed by atoms with Gasteiger partial charge in [0.05, 0.1) is 0 Å². The van der Waals surface area contributed by atoms with Gasteiger partial charge < -0.3 is 5.32 Å². The van der Waals surface area contributed by atoms with Crippen molar-refractivity contribution in [1.29, 1.82) is 0 Å². The Morgan fingerprint density at radius 3 is 2.59 bits per heavy atom. The molecule has 0 amide bonds. The zero-order valence-corrected chi connectivity index (χ0v) is 13.5.